The third-order valence-corrected chi connectivity index (χ3v) is 7.27. The van der Waals surface area contributed by atoms with Crippen LogP contribution in [0.25, 0.3) is 20.7 Å². The van der Waals surface area contributed by atoms with E-state index >= 15 is 0 Å². The van der Waals surface area contributed by atoms with Gasteiger partial charge in [-0.2, -0.15) is 5.10 Å². The van der Waals surface area contributed by atoms with Crippen molar-refractivity contribution in [2.24, 2.45) is 7.05 Å². The Labute approximate surface area is 181 Å². The van der Waals surface area contributed by atoms with Crippen LogP contribution in [0.1, 0.15) is 15.4 Å². The van der Waals surface area contributed by atoms with Gasteiger partial charge in [0.25, 0.3) is 5.91 Å². The lowest BCUT2D eigenvalue weighted by Gasteiger charge is -2.25. The molecule has 0 aliphatic carbocycles. The second kappa shape index (κ2) is 7.82. The molecule has 3 aromatic heterocycles. The Morgan fingerprint density at radius 3 is 2.60 bits per heavy atom. The van der Waals surface area contributed by atoms with E-state index in [1.54, 1.807) is 16.0 Å². The topological polar surface area (TPSA) is 72.3 Å². The summed E-state index contributed by atoms with van der Waals surface area (Å²) in [7, 11) is 1.91. The van der Waals surface area contributed by atoms with Crippen LogP contribution in [-0.4, -0.2) is 47.0 Å². The van der Waals surface area contributed by atoms with Crippen molar-refractivity contribution in [1.29, 1.82) is 0 Å². The van der Waals surface area contributed by atoms with Gasteiger partial charge in [-0.25, -0.2) is 4.98 Å². The number of nitrogens with zero attached hydrogens (tertiary/aromatic N) is 4. The van der Waals surface area contributed by atoms with Gasteiger partial charge in [0.05, 0.1) is 28.5 Å². The number of thiophene rings is 1. The van der Waals surface area contributed by atoms with E-state index in [1.807, 2.05) is 50.5 Å². The first-order chi connectivity index (χ1) is 14.6. The fraction of sp³-hybridized carbons (Fsp3) is 0.286. The van der Waals surface area contributed by atoms with Crippen molar-refractivity contribution in [3.8, 4) is 11.1 Å². The molecule has 4 aromatic rings. The van der Waals surface area contributed by atoms with E-state index in [0.717, 1.165) is 63.5 Å². The van der Waals surface area contributed by atoms with Gasteiger partial charge in [-0.15, -0.1) is 11.3 Å². The Kier molecular flexibility index (Phi) is 5.01. The van der Waals surface area contributed by atoms with E-state index in [-0.39, 0.29) is 5.91 Å². The summed E-state index contributed by atoms with van der Waals surface area (Å²) in [5.41, 5.74) is 3.92. The first-order valence-corrected chi connectivity index (χ1v) is 11.4. The first-order valence-electron chi connectivity index (χ1n) is 9.72. The van der Waals surface area contributed by atoms with Crippen LogP contribution in [0.15, 0.2) is 36.5 Å². The maximum atomic E-state index is 12.7. The highest BCUT2D eigenvalue weighted by Crippen LogP contribution is 2.35. The zero-order chi connectivity index (χ0) is 20.7. The molecular weight excluding hydrogens is 418 g/mol. The lowest BCUT2D eigenvalue weighted by Crippen LogP contribution is -2.36. The highest BCUT2D eigenvalue weighted by atomic mass is 32.1. The van der Waals surface area contributed by atoms with Crippen LogP contribution in [0.3, 0.4) is 0 Å². The highest BCUT2D eigenvalue weighted by molar-refractivity contribution is 7.29. The molecule has 4 heterocycles. The zero-order valence-electron chi connectivity index (χ0n) is 16.7. The average Bonchev–Trinajstić information content (AvgIpc) is 3.42. The molecule has 5 rings (SSSR count). The Morgan fingerprint density at radius 2 is 1.93 bits per heavy atom. The molecule has 0 saturated carbocycles. The van der Waals surface area contributed by atoms with E-state index in [2.05, 4.69) is 15.3 Å². The first kappa shape index (κ1) is 19.2. The Morgan fingerprint density at radius 1 is 1.17 bits per heavy atom. The number of anilines is 2. The van der Waals surface area contributed by atoms with Crippen molar-refractivity contribution in [2.75, 3.05) is 36.5 Å². The molecule has 0 radical (unpaired) electrons. The van der Waals surface area contributed by atoms with Gasteiger partial charge in [0.1, 0.15) is 4.83 Å². The SMILES string of the molecule is Cc1nn(C)cc1-c1ccc(NC(=O)c2cc3sc(N4CCOCC4)nc3s2)cc1. The van der Waals surface area contributed by atoms with Crippen LogP contribution in [0, 0.1) is 6.92 Å². The maximum absolute atomic E-state index is 12.7. The van der Waals surface area contributed by atoms with E-state index in [0.29, 0.717) is 4.88 Å². The number of nitrogens with one attached hydrogen (secondary N) is 1. The van der Waals surface area contributed by atoms with Crippen molar-refractivity contribution in [3.05, 3.63) is 47.1 Å². The molecule has 0 spiro atoms. The number of carbonyl (C=O) groups excluding carboxylic acids is 1. The number of fused-ring (bicyclic) bond motifs is 1. The summed E-state index contributed by atoms with van der Waals surface area (Å²) in [6, 6.07) is 9.78. The van der Waals surface area contributed by atoms with Crippen molar-refractivity contribution in [2.45, 2.75) is 6.92 Å². The zero-order valence-corrected chi connectivity index (χ0v) is 18.3. The molecule has 1 fully saturated rings. The number of thiazole rings is 1. The fourth-order valence-electron chi connectivity index (χ4n) is 3.53. The van der Waals surface area contributed by atoms with Gasteiger partial charge in [0, 0.05) is 37.6 Å². The summed E-state index contributed by atoms with van der Waals surface area (Å²) in [5.74, 6) is -0.108. The fourth-order valence-corrected chi connectivity index (χ4v) is 5.69. The van der Waals surface area contributed by atoms with E-state index in [4.69, 9.17) is 9.72 Å². The summed E-state index contributed by atoms with van der Waals surface area (Å²) in [4.78, 5) is 21.3. The van der Waals surface area contributed by atoms with Gasteiger partial charge in [0.2, 0.25) is 0 Å². The molecule has 1 amide bonds. The van der Waals surface area contributed by atoms with Gasteiger partial charge in [-0.3, -0.25) is 9.48 Å². The number of carbonyl (C=O) groups is 1. The second-order valence-electron chi connectivity index (χ2n) is 7.21. The van der Waals surface area contributed by atoms with Crippen LogP contribution in [0.2, 0.25) is 0 Å². The lowest BCUT2D eigenvalue weighted by molar-refractivity contribution is 0.103. The number of morpholine rings is 1. The van der Waals surface area contributed by atoms with Crippen LogP contribution in [0.5, 0.6) is 0 Å². The molecule has 1 N–H and O–H groups in total. The summed E-state index contributed by atoms with van der Waals surface area (Å²) in [6.07, 6.45) is 2.00. The maximum Gasteiger partial charge on any atom is 0.265 e. The molecule has 1 aliphatic rings. The summed E-state index contributed by atoms with van der Waals surface area (Å²) >= 11 is 3.07. The third-order valence-electron chi connectivity index (χ3n) is 5.05. The molecule has 1 aromatic carbocycles. The quantitative estimate of drug-likeness (QED) is 0.517. The van der Waals surface area contributed by atoms with E-state index in [1.165, 1.54) is 11.3 Å². The van der Waals surface area contributed by atoms with Gasteiger partial charge < -0.3 is 15.0 Å². The molecule has 9 heteroatoms. The Hall–Kier alpha value is -2.75. The normalized spacial score (nSPS) is 14.4. The molecule has 1 aliphatic heterocycles. The number of amides is 1. The van der Waals surface area contributed by atoms with Crippen molar-refractivity contribution in [3.63, 3.8) is 0 Å². The standard InChI is InChI=1S/C21H21N5O2S2/c1-13-16(12-25(2)24-13)14-3-5-15(6-4-14)22-19(27)17-11-18-20(29-17)23-21(30-18)26-7-9-28-10-8-26/h3-6,11-12H,7-10H2,1-2H3,(H,22,27). The van der Waals surface area contributed by atoms with Gasteiger partial charge in [-0.05, 0) is 30.7 Å². The third kappa shape index (κ3) is 3.71. The minimum absolute atomic E-state index is 0.108. The Balaban J connectivity index is 1.29. The van der Waals surface area contributed by atoms with Crippen molar-refractivity contribution < 1.29 is 9.53 Å². The molecule has 7 nitrogen and oxygen atoms in total. The van der Waals surface area contributed by atoms with Gasteiger partial charge in [-0.1, -0.05) is 23.5 Å². The lowest BCUT2D eigenvalue weighted by atomic mass is 10.1. The summed E-state index contributed by atoms with van der Waals surface area (Å²) in [6.45, 7) is 5.19. The largest absolute Gasteiger partial charge is 0.378 e. The minimum atomic E-state index is -0.108. The number of aryl methyl sites for hydroxylation is 2. The summed E-state index contributed by atoms with van der Waals surface area (Å²) in [5, 5.41) is 8.38. The minimum Gasteiger partial charge on any atom is -0.378 e. The summed E-state index contributed by atoms with van der Waals surface area (Å²) < 4.78 is 8.26. The monoisotopic (exact) mass is 439 g/mol. The second-order valence-corrected chi connectivity index (χ2v) is 9.25. The molecule has 0 bridgehead atoms. The van der Waals surface area contributed by atoms with Gasteiger partial charge >= 0.3 is 0 Å². The van der Waals surface area contributed by atoms with Crippen LogP contribution < -0.4 is 10.2 Å². The van der Waals surface area contributed by atoms with Gasteiger partial charge in [0.15, 0.2) is 5.13 Å². The number of hydrogen-bond acceptors (Lipinski definition) is 7. The number of ether oxygens (including phenoxy) is 1. The smallest absolute Gasteiger partial charge is 0.265 e. The predicted octanol–water partition coefficient (Wildman–Crippen LogP) is 4.16. The number of hydrogen-bond donors (Lipinski definition) is 1. The van der Waals surface area contributed by atoms with Crippen LogP contribution in [0.4, 0.5) is 10.8 Å². The average molecular weight is 440 g/mol. The molecular formula is C21H21N5O2S2. The molecule has 1 saturated heterocycles. The number of aromatic nitrogens is 3. The molecule has 30 heavy (non-hydrogen) atoms. The van der Waals surface area contributed by atoms with Crippen molar-refractivity contribution >= 4 is 48.9 Å². The van der Waals surface area contributed by atoms with E-state index in [9.17, 15) is 4.79 Å². The van der Waals surface area contributed by atoms with Crippen LogP contribution in [-0.2, 0) is 11.8 Å². The van der Waals surface area contributed by atoms with E-state index < -0.39 is 0 Å². The van der Waals surface area contributed by atoms with Crippen molar-refractivity contribution in [1.82, 2.24) is 14.8 Å². The Bertz CT molecular complexity index is 1170. The molecule has 0 unspecified atom stereocenters. The molecule has 0 atom stereocenters. The predicted molar refractivity (Wildman–Crippen MR) is 122 cm³/mol. The van der Waals surface area contributed by atoms with Crippen LogP contribution >= 0.6 is 22.7 Å². The molecule has 154 valence electrons. The highest BCUT2D eigenvalue weighted by Gasteiger charge is 2.19. The number of benzene rings is 1. The number of rotatable bonds is 4.